The van der Waals surface area contributed by atoms with E-state index in [0.717, 1.165) is 18.1 Å². The van der Waals surface area contributed by atoms with E-state index < -0.39 is 0 Å². The predicted octanol–water partition coefficient (Wildman–Crippen LogP) is -0.559. The Morgan fingerprint density at radius 3 is 3.25 bits per heavy atom. The van der Waals surface area contributed by atoms with Gasteiger partial charge in [-0.25, -0.2) is 0 Å². The summed E-state index contributed by atoms with van der Waals surface area (Å²) in [4.78, 5) is 11.3. The van der Waals surface area contributed by atoms with Gasteiger partial charge in [0.25, 0.3) is 0 Å². The molecule has 0 bridgehead atoms. The molecule has 1 amide bonds. The van der Waals surface area contributed by atoms with Gasteiger partial charge in [-0.15, -0.1) is 6.42 Å². The summed E-state index contributed by atoms with van der Waals surface area (Å²) >= 11 is 1.79. The molecule has 1 heterocycles. The molecule has 1 unspecified atom stereocenters. The van der Waals surface area contributed by atoms with Gasteiger partial charge in [-0.2, -0.15) is 11.8 Å². The molecule has 66 valence electrons. The normalized spacial score (nSPS) is 22.8. The molecule has 4 heteroatoms. The van der Waals surface area contributed by atoms with Crippen LogP contribution in [-0.4, -0.2) is 36.5 Å². The Hall–Kier alpha value is -0.660. The highest BCUT2D eigenvalue weighted by atomic mass is 32.2. The molecule has 0 radical (unpaired) electrons. The van der Waals surface area contributed by atoms with Crippen molar-refractivity contribution in [2.45, 2.75) is 6.04 Å². The monoisotopic (exact) mass is 184 g/mol. The highest BCUT2D eigenvalue weighted by Crippen LogP contribution is 2.06. The van der Waals surface area contributed by atoms with Gasteiger partial charge >= 0.3 is 0 Å². The molecule has 2 N–H and O–H groups in total. The number of hydrogen-bond donors (Lipinski definition) is 2. The molecule has 1 fully saturated rings. The molecule has 1 saturated heterocycles. The lowest BCUT2D eigenvalue weighted by atomic mass is 10.3. The van der Waals surface area contributed by atoms with Crippen LogP contribution in [0.4, 0.5) is 0 Å². The van der Waals surface area contributed by atoms with Crippen molar-refractivity contribution in [3.63, 3.8) is 0 Å². The Morgan fingerprint density at radius 1 is 1.83 bits per heavy atom. The number of nitrogens with one attached hydrogen (secondary N) is 2. The highest BCUT2D eigenvalue weighted by Gasteiger charge is 2.19. The average Bonchev–Trinajstić information content (AvgIpc) is 2.15. The Balaban J connectivity index is 2.26. The van der Waals surface area contributed by atoms with Crippen LogP contribution in [0.5, 0.6) is 0 Å². The van der Waals surface area contributed by atoms with E-state index in [0.29, 0.717) is 6.54 Å². The maximum atomic E-state index is 11.3. The third kappa shape index (κ3) is 2.76. The van der Waals surface area contributed by atoms with Crippen molar-refractivity contribution in [2.75, 3.05) is 24.6 Å². The van der Waals surface area contributed by atoms with Gasteiger partial charge in [0.2, 0.25) is 5.91 Å². The first kappa shape index (κ1) is 9.43. The largest absolute Gasteiger partial charge is 0.344 e. The van der Waals surface area contributed by atoms with Crippen molar-refractivity contribution in [2.24, 2.45) is 0 Å². The van der Waals surface area contributed by atoms with Crippen molar-refractivity contribution in [1.82, 2.24) is 10.6 Å². The van der Waals surface area contributed by atoms with Gasteiger partial charge in [0.1, 0.15) is 0 Å². The number of thioether (sulfide) groups is 1. The van der Waals surface area contributed by atoms with Gasteiger partial charge in [-0.1, -0.05) is 5.92 Å². The number of terminal acetylenes is 1. The smallest absolute Gasteiger partial charge is 0.238 e. The van der Waals surface area contributed by atoms with Crippen LogP contribution >= 0.6 is 11.8 Å². The van der Waals surface area contributed by atoms with Gasteiger partial charge in [0.15, 0.2) is 0 Å². The number of amides is 1. The van der Waals surface area contributed by atoms with Crippen molar-refractivity contribution in [3.05, 3.63) is 0 Å². The molecule has 0 spiro atoms. The van der Waals surface area contributed by atoms with Crippen LogP contribution in [0.3, 0.4) is 0 Å². The van der Waals surface area contributed by atoms with Crippen LogP contribution in [0.1, 0.15) is 0 Å². The molecule has 12 heavy (non-hydrogen) atoms. The summed E-state index contributed by atoms with van der Waals surface area (Å²) in [5.74, 6) is 4.31. The number of carbonyl (C=O) groups excluding carboxylic acids is 1. The van der Waals surface area contributed by atoms with Crippen molar-refractivity contribution in [3.8, 4) is 12.3 Å². The second-order valence-corrected chi connectivity index (χ2v) is 3.65. The number of carbonyl (C=O) groups is 1. The average molecular weight is 184 g/mol. The Bertz CT molecular complexity index is 194. The fourth-order valence-corrected chi connectivity index (χ4v) is 1.93. The maximum Gasteiger partial charge on any atom is 0.238 e. The Kier molecular flexibility index (Phi) is 3.98. The van der Waals surface area contributed by atoms with Gasteiger partial charge < -0.3 is 10.6 Å². The molecule has 0 aromatic rings. The van der Waals surface area contributed by atoms with Gasteiger partial charge in [-0.05, 0) is 0 Å². The van der Waals surface area contributed by atoms with Crippen LogP contribution in [-0.2, 0) is 4.79 Å². The van der Waals surface area contributed by atoms with Gasteiger partial charge in [-0.3, -0.25) is 4.79 Å². The minimum Gasteiger partial charge on any atom is -0.344 e. The fourth-order valence-electron chi connectivity index (χ4n) is 0.995. The number of hydrogen-bond acceptors (Lipinski definition) is 3. The summed E-state index contributed by atoms with van der Waals surface area (Å²) in [5, 5.41) is 5.78. The first-order chi connectivity index (χ1) is 5.84. The summed E-state index contributed by atoms with van der Waals surface area (Å²) < 4.78 is 0. The summed E-state index contributed by atoms with van der Waals surface area (Å²) in [7, 11) is 0. The lowest BCUT2D eigenvalue weighted by Crippen LogP contribution is -2.48. The van der Waals surface area contributed by atoms with Crippen LogP contribution < -0.4 is 10.6 Å². The summed E-state index contributed by atoms with van der Waals surface area (Å²) in [6, 6.07) is -0.0582. The van der Waals surface area contributed by atoms with Crippen molar-refractivity contribution >= 4 is 17.7 Å². The second-order valence-electron chi connectivity index (χ2n) is 2.50. The minimum absolute atomic E-state index is 0.0140. The topological polar surface area (TPSA) is 41.1 Å². The quantitative estimate of drug-likeness (QED) is 0.565. The minimum atomic E-state index is -0.0582. The van der Waals surface area contributed by atoms with E-state index in [2.05, 4.69) is 16.6 Å². The first-order valence-electron chi connectivity index (χ1n) is 3.87. The third-order valence-corrected chi connectivity index (χ3v) is 2.66. The zero-order chi connectivity index (χ0) is 8.81. The van der Waals surface area contributed by atoms with E-state index in [-0.39, 0.29) is 11.9 Å². The standard InChI is InChI=1S/C8H12N2OS/c1-2-3-10-8(11)7-6-12-5-4-9-7/h1,7,9H,3-6H2,(H,10,11). The van der Waals surface area contributed by atoms with Crippen molar-refractivity contribution < 1.29 is 4.79 Å². The Morgan fingerprint density at radius 2 is 2.67 bits per heavy atom. The molecule has 1 aliphatic rings. The van der Waals surface area contributed by atoms with E-state index in [1.807, 2.05) is 0 Å². The van der Waals surface area contributed by atoms with Crippen LogP contribution in [0.2, 0.25) is 0 Å². The molecule has 0 aromatic heterocycles. The number of rotatable bonds is 2. The molecule has 0 aliphatic carbocycles. The molecular weight excluding hydrogens is 172 g/mol. The van der Waals surface area contributed by atoms with E-state index in [1.165, 1.54) is 0 Å². The molecule has 3 nitrogen and oxygen atoms in total. The Labute approximate surface area is 76.7 Å². The second kappa shape index (κ2) is 5.07. The lowest BCUT2D eigenvalue weighted by Gasteiger charge is -2.21. The van der Waals surface area contributed by atoms with Gasteiger partial charge in [0.05, 0.1) is 12.6 Å². The van der Waals surface area contributed by atoms with Crippen LogP contribution in [0, 0.1) is 12.3 Å². The molecular formula is C8H12N2OS. The molecule has 1 aliphatic heterocycles. The van der Waals surface area contributed by atoms with E-state index in [4.69, 9.17) is 6.42 Å². The maximum absolute atomic E-state index is 11.3. The van der Waals surface area contributed by atoms with Crippen LogP contribution in [0.15, 0.2) is 0 Å². The van der Waals surface area contributed by atoms with Gasteiger partial charge in [0, 0.05) is 18.1 Å². The van der Waals surface area contributed by atoms with E-state index in [1.54, 1.807) is 11.8 Å². The third-order valence-electron chi connectivity index (χ3n) is 1.60. The summed E-state index contributed by atoms with van der Waals surface area (Å²) in [6.07, 6.45) is 5.02. The highest BCUT2D eigenvalue weighted by molar-refractivity contribution is 7.99. The lowest BCUT2D eigenvalue weighted by molar-refractivity contribution is -0.122. The van der Waals surface area contributed by atoms with E-state index in [9.17, 15) is 4.79 Å². The molecule has 1 atom stereocenters. The first-order valence-corrected chi connectivity index (χ1v) is 5.02. The van der Waals surface area contributed by atoms with Crippen molar-refractivity contribution in [1.29, 1.82) is 0 Å². The van der Waals surface area contributed by atoms with E-state index >= 15 is 0 Å². The zero-order valence-corrected chi connectivity index (χ0v) is 7.62. The summed E-state index contributed by atoms with van der Waals surface area (Å²) in [5.41, 5.74) is 0. The fraction of sp³-hybridized carbons (Fsp3) is 0.625. The van der Waals surface area contributed by atoms with Crippen LogP contribution in [0.25, 0.3) is 0 Å². The SMILES string of the molecule is C#CCNC(=O)C1CSCCN1. The summed E-state index contributed by atoms with van der Waals surface area (Å²) in [6.45, 7) is 1.22. The zero-order valence-electron chi connectivity index (χ0n) is 6.80. The predicted molar refractivity (Wildman–Crippen MR) is 51.0 cm³/mol. The molecule has 1 rings (SSSR count). The molecule has 0 saturated carbocycles. The molecule has 0 aromatic carbocycles.